The molecule has 1 aliphatic rings. The number of urea groups is 1. The van der Waals surface area contributed by atoms with Crippen LogP contribution in [0, 0.1) is 0 Å². The summed E-state index contributed by atoms with van der Waals surface area (Å²) in [5, 5.41) is 0. The van der Waals surface area contributed by atoms with Gasteiger partial charge < -0.3 is 15.4 Å². The molecule has 0 aromatic carbocycles. The fraction of sp³-hybridized carbons (Fsp3) is 0.889. The SMILES string of the molecule is CCC1(CC)CN(C(N)=O)CCO1. The summed E-state index contributed by atoms with van der Waals surface area (Å²) in [6.07, 6.45) is 1.85. The van der Waals surface area contributed by atoms with Crippen molar-refractivity contribution in [3.8, 4) is 0 Å². The molecular weight excluding hydrogens is 168 g/mol. The molecule has 4 heteroatoms. The number of rotatable bonds is 2. The Kier molecular flexibility index (Phi) is 3.14. The van der Waals surface area contributed by atoms with E-state index >= 15 is 0 Å². The number of morpholine rings is 1. The molecule has 1 aliphatic heterocycles. The molecule has 0 atom stereocenters. The Balaban J connectivity index is 2.63. The topological polar surface area (TPSA) is 55.6 Å². The minimum absolute atomic E-state index is 0.159. The molecule has 4 nitrogen and oxygen atoms in total. The van der Waals surface area contributed by atoms with Crippen molar-refractivity contribution in [1.29, 1.82) is 0 Å². The first-order valence-corrected chi connectivity index (χ1v) is 4.82. The van der Waals surface area contributed by atoms with Crippen molar-refractivity contribution >= 4 is 6.03 Å². The molecule has 1 rings (SSSR count). The van der Waals surface area contributed by atoms with Gasteiger partial charge in [0.15, 0.2) is 0 Å². The third-order valence-electron chi connectivity index (χ3n) is 2.85. The number of carbonyl (C=O) groups excluding carboxylic acids is 1. The molecule has 0 aliphatic carbocycles. The van der Waals surface area contributed by atoms with E-state index in [1.807, 2.05) is 0 Å². The van der Waals surface area contributed by atoms with Crippen molar-refractivity contribution in [2.75, 3.05) is 19.7 Å². The summed E-state index contributed by atoms with van der Waals surface area (Å²) < 4.78 is 5.69. The number of amides is 2. The predicted molar refractivity (Wildman–Crippen MR) is 50.4 cm³/mol. The van der Waals surface area contributed by atoms with E-state index in [-0.39, 0.29) is 11.6 Å². The van der Waals surface area contributed by atoms with E-state index in [1.165, 1.54) is 0 Å². The molecule has 1 heterocycles. The van der Waals surface area contributed by atoms with Gasteiger partial charge in [0.1, 0.15) is 0 Å². The maximum absolute atomic E-state index is 11.0. The molecule has 0 saturated carbocycles. The van der Waals surface area contributed by atoms with E-state index in [4.69, 9.17) is 10.5 Å². The van der Waals surface area contributed by atoms with Gasteiger partial charge in [0, 0.05) is 6.54 Å². The zero-order chi connectivity index (χ0) is 9.90. The summed E-state index contributed by atoms with van der Waals surface area (Å²) >= 11 is 0. The molecule has 0 radical (unpaired) electrons. The first-order chi connectivity index (χ1) is 6.13. The zero-order valence-electron chi connectivity index (χ0n) is 8.38. The average Bonchev–Trinajstić information content (AvgIpc) is 2.18. The summed E-state index contributed by atoms with van der Waals surface area (Å²) in [4.78, 5) is 12.6. The summed E-state index contributed by atoms with van der Waals surface area (Å²) in [7, 11) is 0. The lowest BCUT2D eigenvalue weighted by molar-refractivity contribution is -0.101. The number of primary amides is 1. The monoisotopic (exact) mass is 186 g/mol. The lowest BCUT2D eigenvalue weighted by Crippen LogP contribution is -2.54. The first kappa shape index (κ1) is 10.3. The number of carbonyl (C=O) groups is 1. The number of nitrogens with zero attached hydrogens (tertiary/aromatic N) is 1. The smallest absolute Gasteiger partial charge is 0.314 e. The van der Waals surface area contributed by atoms with E-state index < -0.39 is 0 Å². The maximum Gasteiger partial charge on any atom is 0.314 e. The van der Waals surface area contributed by atoms with Gasteiger partial charge in [0.25, 0.3) is 0 Å². The molecule has 13 heavy (non-hydrogen) atoms. The van der Waals surface area contributed by atoms with Crippen LogP contribution in [-0.2, 0) is 4.74 Å². The van der Waals surface area contributed by atoms with E-state index in [2.05, 4.69) is 13.8 Å². The van der Waals surface area contributed by atoms with Crippen LogP contribution in [-0.4, -0.2) is 36.2 Å². The molecule has 1 saturated heterocycles. The number of nitrogens with two attached hydrogens (primary N) is 1. The van der Waals surface area contributed by atoms with Crippen LogP contribution in [0.25, 0.3) is 0 Å². The highest BCUT2D eigenvalue weighted by Crippen LogP contribution is 2.24. The molecule has 0 unspecified atom stereocenters. The van der Waals surface area contributed by atoms with Crippen LogP contribution in [0.3, 0.4) is 0 Å². The van der Waals surface area contributed by atoms with Gasteiger partial charge in [0.05, 0.1) is 18.8 Å². The largest absolute Gasteiger partial charge is 0.371 e. The summed E-state index contributed by atoms with van der Waals surface area (Å²) in [5.41, 5.74) is 5.07. The quantitative estimate of drug-likeness (QED) is 0.698. The van der Waals surface area contributed by atoms with Crippen LogP contribution >= 0.6 is 0 Å². The number of hydrogen-bond acceptors (Lipinski definition) is 2. The van der Waals surface area contributed by atoms with Crippen LogP contribution in [0.15, 0.2) is 0 Å². The lowest BCUT2D eigenvalue weighted by Gasteiger charge is -2.41. The number of ether oxygens (including phenoxy) is 1. The summed E-state index contributed by atoms with van der Waals surface area (Å²) in [6, 6.07) is -0.338. The highest BCUT2D eigenvalue weighted by atomic mass is 16.5. The fourth-order valence-corrected chi connectivity index (χ4v) is 1.71. The first-order valence-electron chi connectivity index (χ1n) is 4.82. The Hall–Kier alpha value is -0.770. The van der Waals surface area contributed by atoms with Crippen molar-refractivity contribution in [2.24, 2.45) is 5.73 Å². The van der Waals surface area contributed by atoms with Gasteiger partial charge in [-0.1, -0.05) is 13.8 Å². The Labute approximate surface area is 79.0 Å². The third-order valence-corrected chi connectivity index (χ3v) is 2.85. The second kappa shape index (κ2) is 3.96. The van der Waals surface area contributed by atoms with E-state index in [1.54, 1.807) is 4.90 Å². The second-order valence-corrected chi connectivity index (χ2v) is 3.50. The number of hydrogen-bond donors (Lipinski definition) is 1. The molecule has 0 aromatic heterocycles. The van der Waals surface area contributed by atoms with Crippen LogP contribution in [0.4, 0.5) is 4.79 Å². The summed E-state index contributed by atoms with van der Waals surface area (Å²) in [5.74, 6) is 0. The van der Waals surface area contributed by atoms with Crippen molar-refractivity contribution in [1.82, 2.24) is 4.90 Å². The fourth-order valence-electron chi connectivity index (χ4n) is 1.71. The van der Waals surface area contributed by atoms with Crippen molar-refractivity contribution < 1.29 is 9.53 Å². The van der Waals surface area contributed by atoms with Gasteiger partial charge in [0.2, 0.25) is 0 Å². The van der Waals surface area contributed by atoms with Crippen molar-refractivity contribution in [3.63, 3.8) is 0 Å². The molecule has 76 valence electrons. The highest BCUT2D eigenvalue weighted by Gasteiger charge is 2.34. The standard InChI is InChI=1S/C9H18N2O2/c1-3-9(4-2)7-11(8(10)12)5-6-13-9/h3-7H2,1-2H3,(H2,10,12). The molecule has 2 N–H and O–H groups in total. The highest BCUT2D eigenvalue weighted by molar-refractivity contribution is 5.72. The van der Waals surface area contributed by atoms with Crippen LogP contribution in [0.5, 0.6) is 0 Å². The maximum atomic E-state index is 11.0. The van der Waals surface area contributed by atoms with Gasteiger partial charge >= 0.3 is 6.03 Å². The van der Waals surface area contributed by atoms with E-state index in [0.717, 1.165) is 12.8 Å². The minimum atomic E-state index is -0.338. The Bertz CT molecular complexity index is 190. The third kappa shape index (κ3) is 2.12. The Morgan fingerprint density at radius 1 is 1.54 bits per heavy atom. The van der Waals surface area contributed by atoms with E-state index in [9.17, 15) is 4.79 Å². The lowest BCUT2D eigenvalue weighted by atomic mass is 9.95. The van der Waals surface area contributed by atoms with Crippen LogP contribution < -0.4 is 5.73 Å². The molecule has 0 spiro atoms. The van der Waals surface area contributed by atoms with E-state index in [0.29, 0.717) is 19.7 Å². The minimum Gasteiger partial charge on any atom is -0.371 e. The Morgan fingerprint density at radius 3 is 2.62 bits per heavy atom. The van der Waals surface area contributed by atoms with Crippen LogP contribution in [0.1, 0.15) is 26.7 Å². The molecule has 0 aromatic rings. The van der Waals surface area contributed by atoms with Gasteiger partial charge in [-0.15, -0.1) is 0 Å². The molecular formula is C9H18N2O2. The second-order valence-electron chi connectivity index (χ2n) is 3.50. The van der Waals surface area contributed by atoms with Crippen LogP contribution in [0.2, 0.25) is 0 Å². The van der Waals surface area contributed by atoms with Gasteiger partial charge in [-0.3, -0.25) is 0 Å². The van der Waals surface area contributed by atoms with Crippen molar-refractivity contribution in [3.05, 3.63) is 0 Å². The zero-order valence-corrected chi connectivity index (χ0v) is 8.38. The Morgan fingerprint density at radius 2 is 2.15 bits per heavy atom. The van der Waals surface area contributed by atoms with Gasteiger partial charge in [-0.05, 0) is 12.8 Å². The predicted octanol–water partition coefficient (Wildman–Crippen LogP) is 0.956. The summed E-state index contributed by atoms with van der Waals surface area (Å²) in [6.45, 7) is 6.01. The van der Waals surface area contributed by atoms with Crippen molar-refractivity contribution in [2.45, 2.75) is 32.3 Å². The molecule has 1 fully saturated rings. The molecule has 2 amide bonds. The van der Waals surface area contributed by atoms with Gasteiger partial charge in [-0.2, -0.15) is 0 Å². The van der Waals surface area contributed by atoms with Gasteiger partial charge in [-0.25, -0.2) is 4.79 Å². The molecule has 0 bridgehead atoms. The average molecular weight is 186 g/mol. The normalized spacial score (nSPS) is 21.5.